The first-order valence-corrected chi connectivity index (χ1v) is 33.2. The summed E-state index contributed by atoms with van der Waals surface area (Å²) in [7, 11) is 0. The third-order valence-corrected chi connectivity index (χ3v) is 15.4. The molecule has 0 aliphatic rings. The molecule has 0 aliphatic carbocycles. The molecule has 0 fully saturated rings. The first-order chi connectivity index (χ1) is 36.5. The van der Waals surface area contributed by atoms with Crippen molar-refractivity contribution in [2.75, 3.05) is 13.2 Å². The Hall–Kier alpha value is -1.92. The number of allylic oxidation sites excluding steroid dienone is 6. The summed E-state index contributed by atoms with van der Waals surface area (Å²) in [6.45, 7) is 4.93. The highest BCUT2D eigenvalue weighted by atomic mass is 16.5. The summed E-state index contributed by atoms with van der Waals surface area (Å²) >= 11 is 0. The molecular weight excluding hydrogens is 911 g/mol. The fraction of sp³-hybridized carbons (Fsp3) is 0.882. The van der Waals surface area contributed by atoms with Gasteiger partial charge in [0.15, 0.2) is 0 Å². The van der Waals surface area contributed by atoms with Gasteiger partial charge in [0, 0.05) is 12.8 Å². The second kappa shape index (κ2) is 63.6. The standard InChI is InChI=1S/C68H129NO5/c1-3-5-7-9-11-13-15-16-17-18-29-33-36-39-42-46-50-54-58-62-68(73)74-63-59-55-51-47-43-40-37-34-31-28-26-24-22-20-19-21-23-25-27-30-32-35-38-41-45-49-53-57-61-67(72)69-65(64-70)66(71)60-56-52-48-44-14-12-10-8-6-4-2/h11,13,16-17,19-20,65-66,70-71H,3-10,12,14-15,18,21-64H2,1-2H3,(H,69,72)/b13-11-,17-16-,20-19-. The van der Waals surface area contributed by atoms with Crippen molar-refractivity contribution in [3.8, 4) is 0 Å². The Morgan fingerprint density at radius 1 is 0.378 bits per heavy atom. The molecule has 0 radical (unpaired) electrons. The Kier molecular flexibility index (Phi) is 62.0. The molecule has 0 saturated carbocycles. The van der Waals surface area contributed by atoms with Gasteiger partial charge in [0.1, 0.15) is 0 Å². The first-order valence-electron chi connectivity index (χ1n) is 33.2. The lowest BCUT2D eigenvalue weighted by Gasteiger charge is -2.22. The Morgan fingerprint density at radius 2 is 0.676 bits per heavy atom. The van der Waals surface area contributed by atoms with E-state index in [-0.39, 0.29) is 18.5 Å². The molecule has 6 nitrogen and oxygen atoms in total. The van der Waals surface area contributed by atoms with Gasteiger partial charge >= 0.3 is 5.97 Å². The number of aliphatic hydroxyl groups excluding tert-OH is 2. The van der Waals surface area contributed by atoms with E-state index < -0.39 is 12.1 Å². The molecule has 436 valence electrons. The molecule has 0 rings (SSSR count). The largest absolute Gasteiger partial charge is 0.466 e. The second-order valence-electron chi connectivity index (χ2n) is 22.8. The van der Waals surface area contributed by atoms with Crippen molar-refractivity contribution in [2.45, 2.75) is 373 Å². The van der Waals surface area contributed by atoms with E-state index in [1.807, 2.05) is 0 Å². The average molecular weight is 1040 g/mol. The molecule has 0 bridgehead atoms. The summed E-state index contributed by atoms with van der Waals surface area (Å²) in [6.07, 6.45) is 80.4. The lowest BCUT2D eigenvalue weighted by atomic mass is 10.0. The van der Waals surface area contributed by atoms with Crippen molar-refractivity contribution >= 4 is 11.9 Å². The van der Waals surface area contributed by atoms with E-state index in [1.165, 1.54) is 276 Å². The zero-order valence-electron chi connectivity index (χ0n) is 49.8. The second-order valence-corrected chi connectivity index (χ2v) is 22.8. The number of hydrogen-bond donors (Lipinski definition) is 3. The number of unbranched alkanes of at least 4 members (excludes halogenated alkanes) is 45. The summed E-state index contributed by atoms with van der Waals surface area (Å²) in [6, 6.07) is -0.540. The van der Waals surface area contributed by atoms with E-state index in [1.54, 1.807) is 0 Å². The van der Waals surface area contributed by atoms with Crippen molar-refractivity contribution in [1.82, 2.24) is 5.32 Å². The Bertz CT molecular complexity index is 1200. The number of carbonyl (C=O) groups excluding carboxylic acids is 2. The number of rotatable bonds is 62. The molecule has 1 amide bonds. The number of carbonyl (C=O) groups is 2. The number of esters is 1. The van der Waals surface area contributed by atoms with Crippen LogP contribution in [0.1, 0.15) is 361 Å². The summed E-state index contributed by atoms with van der Waals surface area (Å²) in [4.78, 5) is 24.5. The molecule has 0 spiro atoms. The third kappa shape index (κ3) is 59.3. The number of aliphatic hydroxyl groups is 2. The van der Waals surface area contributed by atoms with Crippen LogP contribution in [0, 0.1) is 0 Å². The highest BCUT2D eigenvalue weighted by molar-refractivity contribution is 5.76. The van der Waals surface area contributed by atoms with Crippen LogP contribution in [-0.2, 0) is 14.3 Å². The minimum atomic E-state index is -0.662. The molecule has 0 aliphatic heterocycles. The van der Waals surface area contributed by atoms with Crippen LogP contribution >= 0.6 is 0 Å². The molecule has 3 N–H and O–H groups in total. The summed E-state index contributed by atoms with van der Waals surface area (Å²) in [5.41, 5.74) is 0. The van der Waals surface area contributed by atoms with Crippen LogP contribution in [0.3, 0.4) is 0 Å². The average Bonchev–Trinajstić information content (AvgIpc) is 3.40. The van der Waals surface area contributed by atoms with Gasteiger partial charge < -0.3 is 20.3 Å². The van der Waals surface area contributed by atoms with Gasteiger partial charge in [0.2, 0.25) is 5.91 Å². The van der Waals surface area contributed by atoms with Crippen molar-refractivity contribution in [3.05, 3.63) is 36.5 Å². The van der Waals surface area contributed by atoms with Crippen LogP contribution in [0.2, 0.25) is 0 Å². The predicted molar refractivity (Wildman–Crippen MR) is 324 cm³/mol. The van der Waals surface area contributed by atoms with Crippen LogP contribution in [-0.4, -0.2) is 47.4 Å². The van der Waals surface area contributed by atoms with E-state index in [4.69, 9.17) is 4.74 Å². The Morgan fingerprint density at radius 3 is 1.07 bits per heavy atom. The minimum absolute atomic E-state index is 0.0122. The number of ether oxygens (including phenoxy) is 1. The van der Waals surface area contributed by atoms with Crippen LogP contribution in [0.15, 0.2) is 36.5 Å². The minimum Gasteiger partial charge on any atom is -0.466 e. The lowest BCUT2D eigenvalue weighted by Crippen LogP contribution is -2.45. The van der Waals surface area contributed by atoms with Crippen LogP contribution < -0.4 is 5.32 Å². The highest BCUT2D eigenvalue weighted by Crippen LogP contribution is 2.18. The normalized spacial score (nSPS) is 12.8. The van der Waals surface area contributed by atoms with E-state index >= 15 is 0 Å². The quantitative estimate of drug-likeness (QED) is 0.0320. The third-order valence-electron chi connectivity index (χ3n) is 15.4. The van der Waals surface area contributed by atoms with Gasteiger partial charge in [-0.05, 0) is 83.5 Å². The van der Waals surface area contributed by atoms with E-state index in [0.717, 1.165) is 51.4 Å². The Balaban J connectivity index is 3.34. The highest BCUT2D eigenvalue weighted by Gasteiger charge is 2.20. The fourth-order valence-corrected chi connectivity index (χ4v) is 10.3. The van der Waals surface area contributed by atoms with Crippen LogP contribution in [0.5, 0.6) is 0 Å². The number of amides is 1. The van der Waals surface area contributed by atoms with Crippen molar-refractivity contribution < 1.29 is 24.5 Å². The fourth-order valence-electron chi connectivity index (χ4n) is 10.3. The van der Waals surface area contributed by atoms with Gasteiger partial charge in [0.05, 0.1) is 25.4 Å². The van der Waals surface area contributed by atoms with Crippen LogP contribution in [0.4, 0.5) is 0 Å². The zero-order valence-corrected chi connectivity index (χ0v) is 49.8. The zero-order chi connectivity index (χ0) is 53.6. The predicted octanol–water partition coefficient (Wildman–Crippen LogP) is 21.1. The maximum Gasteiger partial charge on any atom is 0.305 e. The van der Waals surface area contributed by atoms with Crippen molar-refractivity contribution in [3.63, 3.8) is 0 Å². The molecule has 0 heterocycles. The molecule has 0 aromatic heterocycles. The monoisotopic (exact) mass is 1040 g/mol. The molecule has 74 heavy (non-hydrogen) atoms. The topological polar surface area (TPSA) is 95.9 Å². The maximum absolute atomic E-state index is 12.4. The SMILES string of the molecule is CCCCC/C=C\C/C=C\CCCCCCCCCCCC(=O)OCCCCCCCCCCCCCC/C=C\CCCCCCCCCCCCCCC(=O)NC(CO)C(O)CCCCCCCCCCCC. The van der Waals surface area contributed by atoms with Gasteiger partial charge in [-0.15, -0.1) is 0 Å². The van der Waals surface area contributed by atoms with Gasteiger partial charge in [0.25, 0.3) is 0 Å². The molecule has 6 heteroatoms. The molecule has 0 saturated heterocycles. The summed E-state index contributed by atoms with van der Waals surface area (Å²) in [5, 5.41) is 23.2. The first kappa shape index (κ1) is 72.1. The molecule has 2 atom stereocenters. The van der Waals surface area contributed by atoms with Gasteiger partial charge in [-0.2, -0.15) is 0 Å². The van der Waals surface area contributed by atoms with E-state index in [9.17, 15) is 19.8 Å². The van der Waals surface area contributed by atoms with Crippen molar-refractivity contribution in [1.29, 1.82) is 0 Å². The van der Waals surface area contributed by atoms with E-state index in [0.29, 0.717) is 25.9 Å². The molecule has 0 aromatic rings. The van der Waals surface area contributed by atoms with E-state index in [2.05, 4.69) is 55.6 Å². The maximum atomic E-state index is 12.4. The molecular formula is C68H129NO5. The van der Waals surface area contributed by atoms with Gasteiger partial charge in [-0.25, -0.2) is 0 Å². The van der Waals surface area contributed by atoms with Crippen LogP contribution in [0.25, 0.3) is 0 Å². The van der Waals surface area contributed by atoms with Gasteiger partial charge in [-0.3, -0.25) is 9.59 Å². The lowest BCUT2D eigenvalue weighted by molar-refractivity contribution is -0.143. The number of nitrogens with one attached hydrogen (secondary N) is 1. The van der Waals surface area contributed by atoms with Gasteiger partial charge in [-0.1, -0.05) is 301 Å². The summed E-state index contributed by atoms with van der Waals surface area (Å²) in [5.74, 6) is -0.0234. The molecule has 2 unspecified atom stereocenters. The summed E-state index contributed by atoms with van der Waals surface area (Å²) < 4.78 is 5.50. The Labute approximate surface area is 462 Å². The number of hydrogen-bond acceptors (Lipinski definition) is 5. The van der Waals surface area contributed by atoms with Crippen molar-refractivity contribution in [2.24, 2.45) is 0 Å². The smallest absolute Gasteiger partial charge is 0.305 e. The molecule has 0 aromatic carbocycles.